The molecule has 3 aromatic rings. The van der Waals surface area contributed by atoms with Gasteiger partial charge in [0, 0.05) is 0 Å². The Hall–Kier alpha value is -1.26. The SMILES string of the molecule is Cc1nnc2sc(CNS(=O)(=O)c3ccc(Cl)c(Cl)c3)nn12. The zero-order chi connectivity index (χ0) is 15.9. The van der Waals surface area contributed by atoms with Gasteiger partial charge >= 0.3 is 0 Å². The molecule has 1 N–H and O–H groups in total. The number of nitrogens with one attached hydrogen (secondary N) is 1. The van der Waals surface area contributed by atoms with E-state index < -0.39 is 10.0 Å². The highest BCUT2D eigenvalue weighted by Crippen LogP contribution is 2.25. The third-order valence-electron chi connectivity index (χ3n) is 2.80. The van der Waals surface area contributed by atoms with Gasteiger partial charge in [-0.25, -0.2) is 13.1 Å². The normalized spacial score (nSPS) is 12.1. The van der Waals surface area contributed by atoms with E-state index in [1.54, 1.807) is 11.4 Å². The predicted octanol–water partition coefficient (Wildman–Crippen LogP) is 2.28. The number of benzene rings is 1. The van der Waals surface area contributed by atoms with E-state index in [0.717, 1.165) is 0 Å². The van der Waals surface area contributed by atoms with Gasteiger partial charge < -0.3 is 0 Å². The van der Waals surface area contributed by atoms with Crippen LogP contribution in [-0.2, 0) is 16.6 Å². The maximum Gasteiger partial charge on any atom is 0.241 e. The topological polar surface area (TPSA) is 89.2 Å². The monoisotopic (exact) mass is 377 g/mol. The molecular weight excluding hydrogens is 369 g/mol. The fourth-order valence-electron chi connectivity index (χ4n) is 1.71. The quantitative estimate of drug-likeness (QED) is 0.752. The second kappa shape index (κ2) is 5.74. The Labute approximate surface area is 139 Å². The molecule has 3 rings (SSSR count). The van der Waals surface area contributed by atoms with Crippen molar-refractivity contribution in [1.29, 1.82) is 0 Å². The van der Waals surface area contributed by atoms with Gasteiger partial charge in [0.25, 0.3) is 0 Å². The van der Waals surface area contributed by atoms with E-state index in [0.29, 0.717) is 20.8 Å². The molecule has 0 radical (unpaired) electrons. The lowest BCUT2D eigenvalue weighted by molar-refractivity contribution is 0.580. The van der Waals surface area contributed by atoms with Crippen molar-refractivity contribution in [2.75, 3.05) is 0 Å². The molecule has 1 aromatic carbocycles. The molecule has 22 heavy (non-hydrogen) atoms. The second-order valence-electron chi connectivity index (χ2n) is 4.34. The van der Waals surface area contributed by atoms with Crippen molar-refractivity contribution in [3.05, 3.63) is 39.1 Å². The summed E-state index contributed by atoms with van der Waals surface area (Å²) in [5.74, 6) is 0.643. The largest absolute Gasteiger partial charge is 0.241 e. The van der Waals surface area contributed by atoms with E-state index in [2.05, 4.69) is 20.0 Å². The smallest absolute Gasteiger partial charge is 0.207 e. The summed E-state index contributed by atoms with van der Waals surface area (Å²) in [6.07, 6.45) is 0. The van der Waals surface area contributed by atoms with E-state index in [-0.39, 0.29) is 16.5 Å². The van der Waals surface area contributed by atoms with E-state index in [4.69, 9.17) is 23.2 Å². The van der Waals surface area contributed by atoms with Crippen molar-refractivity contribution in [2.45, 2.75) is 18.4 Å². The zero-order valence-corrected chi connectivity index (χ0v) is 14.3. The molecule has 0 bridgehead atoms. The molecule has 0 aliphatic rings. The zero-order valence-electron chi connectivity index (χ0n) is 11.1. The number of halogens is 2. The molecule has 0 aliphatic carbocycles. The molecule has 0 aliphatic heterocycles. The molecule has 7 nitrogen and oxygen atoms in total. The molecule has 11 heteroatoms. The van der Waals surface area contributed by atoms with Crippen LogP contribution in [0.3, 0.4) is 0 Å². The first kappa shape index (κ1) is 15.6. The van der Waals surface area contributed by atoms with Gasteiger partial charge in [0.05, 0.1) is 21.5 Å². The standard InChI is InChI=1S/C11H9Cl2N5O2S2/c1-6-15-16-11-18(6)17-10(21-11)5-14-22(19,20)7-2-3-8(12)9(13)4-7/h2-4,14H,5H2,1H3. The summed E-state index contributed by atoms with van der Waals surface area (Å²) in [6.45, 7) is 1.82. The Morgan fingerprint density at radius 2 is 2.05 bits per heavy atom. The van der Waals surface area contributed by atoms with Crippen molar-refractivity contribution in [3.63, 3.8) is 0 Å². The van der Waals surface area contributed by atoms with Crippen LogP contribution in [0.1, 0.15) is 10.8 Å². The van der Waals surface area contributed by atoms with E-state index in [9.17, 15) is 8.42 Å². The van der Waals surface area contributed by atoms with Crippen molar-refractivity contribution in [2.24, 2.45) is 0 Å². The summed E-state index contributed by atoms with van der Waals surface area (Å²) in [6, 6.07) is 4.12. The summed E-state index contributed by atoms with van der Waals surface area (Å²) in [5.41, 5.74) is 0. The number of rotatable bonds is 4. The first-order chi connectivity index (χ1) is 10.4. The molecule has 0 atom stereocenters. The van der Waals surface area contributed by atoms with Crippen molar-refractivity contribution < 1.29 is 8.42 Å². The van der Waals surface area contributed by atoms with E-state index in [1.165, 1.54) is 29.5 Å². The number of fused-ring (bicyclic) bond motifs is 1. The minimum absolute atomic E-state index is 0.0427. The van der Waals surface area contributed by atoms with Gasteiger partial charge in [-0.3, -0.25) is 0 Å². The van der Waals surface area contributed by atoms with Crippen LogP contribution < -0.4 is 4.72 Å². The first-order valence-corrected chi connectivity index (χ1v) is 9.05. The number of aromatic nitrogens is 4. The lowest BCUT2D eigenvalue weighted by atomic mass is 10.4. The van der Waals surface area contributed by atoms with E-state index >= 15 is 0 Å². The molecule has 0 saturated carbocycles. The number of aryl methyl sites for hydroxylation is 1. The Kier molecular flexibility index (Phi) is 4.08. The molecule has 0 amide bonds. The summed E-state index contributed by atoms with van der Waals surface area (Å²) in [5, 5.41) is 13.1. The Bertz CT molecular complexity index is 951. The summed E-state index contributed by atoms with van der Waals surface area (Å²) >= 11 is 12.9. The Morgan fingerprint density at radius 3 is 2.73 bits per heavy atom. The fraction of sp³-hybridized carbons (Fsp3) is 0.182. The van der Waals surface area contributed by atoms with Crippen molar-refractivity contribution in [1.82, 2.24) is 24.5 Å². The lowest BCUT2D eigenvalue weighted by Crippen LogP contribution is -2.23. The highest BCUT2D eigenvalue weighted by molar-refractivity contribution is 7.89. The fourth-order valence-corrected chi connectivity index (χ4v) is 4.00. The van der Waals surface area contributed by atoms with Gasteiger partial charge in [0.2, 0.25) is 15.0 Å². The molecular formula is C11H9Cl2N5O2S2. The van der Waals surface area contributed by atoms with Gasteiger partial charge in [-0.2, -0.15) is 9.61 Å². The van der Waals surface area contributed by atoms with Gasteiger partial charge in [-0.1, -0.05) is 34.5 Å². The van der Waals surface area contributed by atoms with Crippen LogP contribution in [0.4, 0.5) is 0 Å². The maximum absolute atomic E-state index is 12.2. The maximum atomic E-state index is 12.2. The summed E-state index contributed by atoms with van der Waals surface area (Å²) < 4.78 is 28.5. The molecule has 0 unspecified atom stereocenters. The number of hydrogen-bond acceptors (Lipinski definition) is 6. The van der Waals surface area contributed by atoms with Crippen LogP contribution in [-0.4, -0.2) is 28.2 Å². The van der Waals surface area contributed by atoms with Crippen LogP contribution in [0.15, 0.2) is 23.1 Å². The number of hydrogen-bond donors (Lipinski definition) is 1. The first-order valence-electron chi connectivity index (χ1n) is 5.99. The Balaban J connectivity index is 1.80. The molecule has 2 aromatic heterocycles. The summed E-state index contributed by atoms with van der Waals surface area (Å²) in [7, 11) is -3.70. The van der Waals surface area contributed by atoms with Crippen LogP contribution in [0.2, 0.25) is 10.0 Å². The molecule has 0 spiro atoms. The van der Waals surface area contributed by atoms with Gasteiger partial charge in [-0.15, -0.1) is 10.2 Å². The molecule has 0 fully saturated rings. The Morgan fingerprint density at radius 1 is 1.27 bits per heavy atom. The highest BCUT2D eigenvalue weighted by atomic mass is 35.5. The van der Waals surface area contributed by atoms with Crippen LogP contribution in [0.5, 0.6) is 0 Å². The molecule has 116 valence electrons. The average Bonchev–Trinajstić information content (AvgIpc) is 3.02. The molecule has 0 saturated heterocycles. The van der Waals surface area contributed by atoms with E-state index in [1.807, 2.05) is 0 Å². The van der Waals surface area contributed by atoms with Gasteiger partial charge in [-0.05, 0) is 25.1 Å². The van der Waals surface area contributed by atoms with Crippen molar-refractivity contribution >= 4 is 49.5 Å². The second-order valence-corrected chi connectivity index (χ2v) is 7.96. The number of nitrogens with zero attached hydrogens (tertiary/aromatic N) is 4. The summed E-state index contributed by atoms with van der Waals surface area (Å²) in [4.78, 5) is 0.655. The molecule has 2 heterocycles. The van der Waals surface area contributed by atoms with Crippen molar-refractivity contribution in [3.8, 4) is 0 Å². The third kappa shape index (κ3) is 2.95. The predicted molar refractivity (Wildman–Crippen MR) is 83.9 cm³/mol. The minimum atomic E-state index is -3.70. The van der Waals surface area contributed by atoms with Crippen LogP contribution in [0.25, 0.3) is 4.96 Å². The average molecular weight is 378 g/mol. The number of sulfonamides is 1. The highest BCUT2D eigenvalue weighted by Gasteiger charge is 2.17. The van der Waals surface area contributed by atoms with Gasteiger partial charge in [0.15, 0.2) is 5.82 Å². The van der Waals surface area contributed by atoms with Crippen LogP contribution >= 0.6 is 34.5 Å². The minimum Gasteiger partial charge on any atom is -0.207 e. The third-order valence-corrected chi connectivity index (χ3v) is 5.84. The van der Waals surface area contributed by atoms with Gasteiger partial charge in [0.1, 0.15) is 5.01 Å². The van der Waals surface area contributed by atoms with Crippen LogP contribution in [0, 0.1) is 6.92 Å². The lowest BCUT2D eigenvalue weighted by Gasteiger charge is -2.06.